The molecule has 12 rings (SSSR count). The molecule has 8 heterocycles. The van der Waals surface area contributed by atoms with Crippen LogP contribution >= 0.6 is 0 Å². The second-order valence-electron chi connectivity index (χ2n) is 22.2. The van der Waals surface area contributed by atoms with Gasteiger partial charge in [-0.25, -0.2) is 27.5 Å². The van der Waals surface area contributed by atoms with Gasteiger partial charge in [0, 0.05) is 98.1 Å². The van der Waals surface area contributed by atoms with Gasteiger partial charge >= 0.3 is 0 Å². The number of nitrogens with zero attached hydrogens (tertiary/aromatic N) is 8. The summed E-state index contributed by atoms with van der Waals surface area (Å²) in [6.45, 7) is 13.2. The molecule has 0 radical (unpaired) electrons. The van der Waals surface area contributed by atoms with Crippen molar-refractivity contribution in [2.24, 2.45) is 25.9 Å². The van der Waals surface area contributed by atoms with Gasteiger partial charge in [-0.3, -0.25) is 9.97 Å². The lowest BCUT2D eigenvalue weighted by molar-refractivity contribution is 0.0547. The Labute approximate surface area is 449 Å². The molecule has 0 aliphatic carbocycles. The van der Waals surface area contributed by atoms with Crippen LogP contribution in [0, 0.1) is 49.0 Å². The zero-order chi connectivity index (χ0) is 54.9. The average molecular weight is 1060 g/mol. The summed E-state index contributed by atoms with van der Waals surface area (Å²) >= 11 is 0. The van der Waals surface area contributed by atoms with Crippen molar-refractivity contribution < 1.29 is 37.2 Å². The number of benzene rings is 4. The van der Waals surface area contributed by atoms with Crippen molar-refractivity contribution in [3.63, 3.8) is 0 Å². The zero-order valence-corrected chi connectivity index (χ0v) is 45.2. The Morgan fingerprint density at radius 3 is 1.23 bits per heavy atom. The van der Waals surface area contributed by atoms with E-state index in [9.17, 15) is 19.0 Å². The van der Waals surface area contributed by atoms with E-state index in [0.717, 1.165) is 127 Å². The first kappa shape index (κ1) is 52.8. The topological polar surface area (TPSA) is 130 Å². The fraction of sp³-hybridized carbons (Fsp3) is 0.355. The van der Waals surface area contributed by atoms with Gasteiger partial charge < -0.3 is 38.0 Å². The lowest BCUT2D eigenvalue weighted by Crippen LogP contribution is -2.27. The highest BCUT2D eigenvalue weighted by Crippen LogP contribution is 2.45. The van der Waals surface area contributed by atoms with E-state index in [1.54, 1.807) is 52.5 Å². The maximum atomic E-state index is 15.6. The maximum absolute atomic E-state index is 15.6. The minimum absolute atomic E-state index is 0.0467. The maximum Gasteiger partial charge on any atom is 0.131 e. The summed E-state index contributed by atoms with van der Waals surface area (Å²) in [5.41, 5.74) is 10.6. The Kier molecular flexibility index (Phi) is 13.9. The van der Waals surface area contributed by atoms with Gasteiger partial charge in [0.1, 0.15) is 23.3 Å². The van der Waals surface area contributed by atoms with Crippen LogP contribution in [0.3, 0.4) is 0 Å². The fourth-order valence-corrected chi connectivity index (χ4v) is 12.1. The van der Waals surface area contributed by atoms with Gasteiger partial charge in [-0.05, 0) is 127 Å². The number of hydrogen-bond donors (Lipinski definition) is 2. The van der Waals surface area contributed by atoms with Crippen molar-refractivity contribution in [3.8, 4) is 22.5 Å². The third kappa shape index (κ3) is 9.66. The lowest BCUT2D eigenvalue weighted by atomic mass is 9.86. The lowest BCUT2D eigenvalue weighted by Gasteiger charge is -2.33. The number of rotatable bonds is 10. The summed E-state index contributed by atoms with van der Waals surface area (Å²) in [6.07, 6.45) is 10.2. The predicted octanol–water partition coefficient (Wildman–Crippen LogP) is 12.8. The molecular weight excluding hydrogens is 997 g/mol. The van der Waals surface area contributed by atoms with Crippen LogP contribution in [0.25, 0.3) is 66.4 Å². The first-order valence-electron chi connectivity index (χ1n) is 26.6. The minimum Gasteiger partial charge on any atom is -0.386 e. The normalized spacial score (nSPS) is 15.9. The number of ether oxygens (including phenoxy) is 2. The van der Waals surface area contributed by atoms with E-state index >= 15 is 8.78 Å². The molecule has 404 valence electrons. The fourth-order valence-electron chi connectivity index (χ4n) is 12.1. The second kappa shape index (κ2) is 20.5. The molecule has 2 aliphatic heterocycles. The van der Waals surface area contributed by atoms with Crippen molar-refractivity contribution in [3.05, 3.63) is 167 Å². The smallest absolute Gasteiger partial charge is 0.131 e. The molecule has 0 spiro atoms. The monoisotopic (exact) mass is 1060 g/mol. The molecule has 2 atom stereocenters. The number of halogens is 4. The Morgan fingerprint density at radius 1 is 0.513 bits per heavy atom. The summed E-state index contributed by atoms with van der Waals surface area (Å²) in [7, 11) is 3.90. The number of pyridine rings is 2. The number of aromatic nitrogens is 8. The summed E-state index contributed by atoms with van der Waals surface area (Å²) < 4.78 is 78.8. The van der Waals surface area contributed by atoms with E-state index in [-0.39, 0.29) is 11.8 Å². The van der Waals surface area contributed by atoms with E-state index in [2.05, 4.69) is 31.2 Å². The first-order valence-corrected chi connectivity index (χ1v) is 26.6. The van der Waals surface area contributed by atoms with Crippen molar-refractivity contribution in [2.45, 2.75) is 90.5 Å². The van der Waals surface area contributed by atoms with Crippen LogP contribution in [0.1, 0.15) is 99.1 Å². The summed E-state index contributed by atoms with van der Waals surface area (Å²) in [4.78, 5) is 18.7. The van der Waals surface area contributed by atoms with E-state index in [1.807, 2.05) is 85.9 Å². The molecule has 16 heteroatoms. The van der Waals surface area contributed by atoms with Gasteiger partial charge in [0.15, 0.2) is 0 Å². The van der Waals surface area contributed by atoms with Crippen molar-refractivity contribution in [2.75, 3.05) is 26.4 Å². The number of fused-ring (bicyclic) bond motifs is 6. The molecular formula is C62H64F4N8O4. The molecule has 78 heavy (non-hydrogen) atoms. The highest BCUT2D eigenvalue weighted by Gasteiger charge is 2.35. The molecule has 4 aromatic carbocycles. The molecule has 2 saturated heterocycles. The molecule has 12 nitrogen and oxygen atoms in total. The Morgan fingerprint density at radius 2 is 0.897 bits per heavy atom. The third-order valence-corrected chi connectivity index (χ3v) is 16.0. The van der Waals surface area contributed by atoms with Gasteiger partial charge in [0.25, 0.3) is 0 Å². The predicted molar refractivity (Wildman–Crippen MR) is 295 cm³/mol. The number of aryl methyl sites for hydroxylation is 4. The Hall–Kier alpha value is -7.24. The Balaban J connectivity index is 0.000000165. The summed E-state index contributed by atoms with van der Waals surface area (Å²) in [5, 5.41) is 23.6. The van der Waals surface area contributed by atoms with Gasteiger partial charge in [0.2, 0.25) is 0 Å². The molecule has 2 aliphatic rings. The van der Waals surface area contributed by atoms with Crippen LogP contribution in [0.2, 0.25) is 0 Å². The van der Waals surface area contributed by atoms with E-state index in [4.69, 9.17) is 19.4 Å². The second-order valence-corrected chi connectivity index (χ2v) is 22.2. The number of imidazole rings is 2. The van der Waals surface area contributed by atoms with E-state index in [0.29, 0.717) is 37.6 Å². The largest absolute Gasteiger partial charge is 0.386 e. The van der Waals surface area contributed by atoms with Crippen LogP contribution in [0.5, 0.6) is 0 Å². The summed E-state index contributed by atoms with van der Waals surface area (Å²) in [5.74, 6) is -2.28. The standard InChI is InChI=1S/2C31H32F2N4O2/c2*1-18-29(36(4)17-35-18)20-13-27-28(34-16-20)24-7-5-21(31(2,3)38)14-26(24)37(27)30(19-9-11-39-12-10-19)23-8-6-22(32)15-25(23)33/h2*5-8,13-17,19,30,38H,9-12H2,1-4H3. The summed E-state index contributed by atoms with van der Waals surface area (Å²) in [6, 6.07) is 22.7. The molecule has 0 amide bonds. The molecule has 2 unspecified atom stereocenters. The first-order chi connectivity index (χ1) is 37.3. The SMILES string of the molecule is Cc1ncn(C)c1-c1cnc2c3ccc(C(C)(C)O)cc3n(C(c3ccc(F)cc3F)C3CCOCC3)c2c1.Cc1ncn(C)c1-c1cnc2c3ccc(C(C)(C)O)cc3n(C(c3ccc(F)cc3F)C3CCOCC3)c2c1. The van der Waals surface area contributed by atoms with Gasteiger partial charge in [-0.1, -0.05) is 36.4 Å². The van der Waals surface area contributed by atoms with Gasteiger partial charge in [-0.2, -0.15) is 0 Å². The highest BCUT2D eigenvalue weighted by molar-refractivity contribution is 6.08. The Bertz CT molecular complexity index is 3600. The van der Waals surface area contributed by atoms with Crippen LogP contribution in [-0.2, 0) is 34.8 Å². The molecule has 2 fully saturated rings. The van der Waals surface area contributed by atoms with Crippen molar-refractivity contribution in [1.29, 1.82) is 0 Å². The minimum atomic E-state index is -1.07. The van der Waals surface area contributed by atoms with Gasteiger partial charge in [0.05, 0.1) is 91.8 Å². The number of hydrogen-bond acceptors (Lipinski definition) is 8. The molecule has 6 aromatic heterocycles. The van der Waals surface area contributed by atoms with E-state index < -0.39 is 46.6 Å². The van der Waals surface area contributed by atoms with Gasteiger partial charge in [-0.15, -0.1) is 0 Å². The van der Waals surface area contributed by atoms with Crippen LogP contribution in [0.15, 0.2) is 110 Å². The number of aliphatic hydroxyl groups is 2. The van der Waals surface area contributed by atoms with Crippen LogP contribution < -0.4 is 0 Å². The van der Waals surface area contributed by atoms with Crippen molar-refractivity contribution >= 4 is 43.9 Å². The average Bonchev–Trinajstić information content (AvgIpc) is 4.30. The molecule has 0 saturated carbocycles. The van der Waals surface area contributed by atoms with Crippen molar-refractivity contribution in [1.82, 2.24) is 38.2 Å². The quantitative estimate of drug-likeness (QED) is 0.130. The van der Waals surface area contributed by atoms with Crippen LogP contribution in [-0.4, -0.2) is 74.8 Å². The molecule has 0 bridgehead atoms. The van der Waals surface area contributed by atoms with Crippen LogP contribution in [0.4, 0.5) is 17.6 Å². The van der Waals surface area contributed by atoms with E-state index in [1.165, 1.54) is 12.1 Å². The zero-order valence-electron chi connectivity index (χ0n) is 45.2. The molecule has 2 N–H and O–H groups in total. The third-order valence-electron chi connectivity index (χ3n) is 16.0. The molecule has 10 aromatic rings. The highest BCUT2D eigenvalue weighted by atomic mass is 19.1.